The van der Waals surface area contributed by atoms with E-state index in [9.17, 15) is 14.5 Å². The molecule has 1 N–H and O–H groups in total. The molecule has 0 heterocycles. The molecule has 0 saturated heterocycles. The molecule has 0 aromatic heterocycles. The predicted octanol–water partition coefficient (Wildman–Crippen LogP) is 8.78. The van der Waals surface area contributed by atoms with Gasteiger partial charge < -0.3 is 9.67 Å². The average molecular weight is 474 g/mol. The topological polar surface area (TPSA) is 57.6 Å². The van der Waals surface area contributed by atoms with Gasteiger partial charge in [-0.25, -0.2) is 0 Å². The van der Waals surface area contributed by atoms with E-state index < -0.39 is 13.1 Å². The summed E-state index contributed by atoms with van der Waals surface area (Å²) in [6, 6.07) is 0. The molecule has 5 heteroatoms. The van der Waals surface area contributed by atoms with E-state index in [4.69, 9.17) is 0 Å². The van der Waals surface area contributed by atoms with Crippen molar-refractivity contribution in [2.24, 2.45) is 0 Å². The molecule has 0 rings (SSSR count). The van der Waals surface area contributed by atoms with Crippen LogP contribution in [0.2, 0.25) is 0 Å². The van der Waals surface area contributed by atoms with Crippen LogP contribution in [0, 0.1) is 0 Å². The van der Waals surface area contributed by atoms with Gasteiger partial charge in [-0.1, -0.05) is 117 Å². The maximum absolute atomic E-state index is 13.9. The van der Waals surface area contributed by atoms with Crippen LogP contribution in [0.1, 0.15) is 136 Å². The number of nitrogens with zero attached hydrogens (tertiary/aromatic N) is 1. The number of unbranched alkanes of at least 4 members (excludes halogenated alkanes) is 15. The molecule has 0 saturated carbocycles. The first-order valence-electron chi connectivity index (χ1n) is 14.0. The van der Waals surface area contributed by atoms with E-state index in [0.29, 0.717) is 6.29 Å². The van der Waals surface area contributed by atoms with Gasteiger partial charge in [0.15, 0.2) is 0 Å². The van der Waals surface area contributed by atoms with E-state index in [0.717, 1.165) is 44.6 Å². The van der Waals surface area contributed by atoms with Crippen LogP contribution in [-0.4, -0.2) is 47.7 Å². The van der Waals surface area contributed by atoms with Gasteiger partial charge in [0.05, 0.1) is 12.8 Å². The molecule has 0 bridgehead atoms. The van der Waals surface area contributed by atoms with E-state index in [-0.39, 0.29) is 6.54 Å². The summed E-state index contributed by atoms with van der Waals surface area (Å²) in [5, 5.41) is 9.32. The molecule has 0 aliphatic carbocycles. The molecule has 0 amide bonds. The lowest BCUT2D eigenvalue weighted by atomic mass is 10.1. The zero-order valence-electron chi connectivity index (χ0n) is 21.9. The molecule has 0 aromatic rings. The molecule has 0 aliphatic heterocycles. The van der Waals surface area contributed by atoms with Crippen molar-refractivity contribution in [2.45, 2.75) is 136 Å². The molecule has 0 radical (unpaired) electrons. The van der Waals surface area contributed by atoms with Crippen molar-refractivity contribution in [1.82, 2.24) is 4.90 Å². The number of aliphatic carboxylic acids is 1. The van der Waals surface area contributed by atoms with E-state index in [1.165, 1.54) is 89.9 Å². The van der Waals surface area contributed by atoms with Crippen molar-refractivity contribution in [3.05, 3.63) is 0 Å². The van der Waals surface area contributed by atoms with Gasteiger partial charge in [0.1, 0.15) is 7.14 Å². The highest BCUT2D eigenvalue weighted by atomic mass is 31.2. The zero-order chi connectivity index (χ0) is 23.9. The van der Waals surface area contributed by atoms with Crippen LogP contribution < -0.4 is 0 Å². The summed E-state index contributed by atoms with van der Waals surface area (Å²) < 4.78 is 13.9. The number of carboxylic acids is 1. The Morgan fingerprint density at radius 2 is 1.00 bits per heavy atom. The van der Waals surface area contributed by atoms with E-state index in [1.54, 1.807) is 0 Å². The summed E-state index contributed by atoms with van der Waals surface area (Å²) >= 11 is 0. The largest absolute Gasteiger partial charge is 0.480 e. The van der Waals surface area contributed by atoms with Crippen LogP contribution in [-0.2, 0) is 9.36 Å². The first kappa shape index (κ1) is 31.7. The normalized spacial score (nSPS) is 12.0. The Bertz CT molecular complexity index is 446. The molecule has 0 fully saturated rings. The van der Waals surface area contributed by atoms with Crippen LogP contribution in [0.25, 0.3) is 0 Å². The fourth-order valence-corrected chi connectivity index (χ4v) is 7.53. The highest BCUT2D eigenvalue weighted by Crippen LogP contribution is 2.48. The second kappa shape index (κ2) is 22.5. The van der Waals surface area contributed by atoms with Crippen molar-refractivity contribution >= 4 is 13.1 Å². The Morgan fingerprint density at radius 1 is 0.625 bits per heavy atom. The van der Waals surface area contributed by atoms with Gasteiger partial charge in [-0.15, -0.1) is 0 Å². The van der Waals surface area contributed by atoms with Crippen LogP contribution in [0.4, 0.5) is 0 Å². The lowest BCUT2D eigenvalue weighted by molar-refractivity contribution is -0.138. The Morgan fingerprint density at radius 3 is 1.38 bits per heavy atom. The van der Waals surface area contributed by atoms with E-state index in [2.05, 4.69) is 20.8 Å². The quantitative estimate of drug-likeness (QED) is 0.106. The first-order chi connectivity index (χ1) is 15.5. The lowest BCUT2D eigenvalue weighted by Crippen LogP contribution is -2.32. The maximum Gasteiger partial charge on any atom is 0.317 e. The summed E-state index contributed by atoms with van der Waals surface area (Å²) in [4.78, 5) is 13.3. The van der Waals surface area contributed by atoms with Crippen molar-refractivity contribution in [1.29, 1.82) is 0 Å². The predicted molar refractivity (Wildman–Crippen MR) is 142 cm³/mol. The van der Waals surface area contributed by atoms with Gasteiger partial charge in [-0.2, -0.15) is 0 Å². The highest BCUT2D eigenvalue weighted by molar-refractivity contribution is 7.63. The van der Waals surface area contributed by atoms with Crippen LogP contribution in [0.3, 0.4) is 0 Å². The minimum absolute atomic E-state index is 0.0266. The summed E-state index contributed by atoms with van der Waals surface area (Å²) in [6.45, 7) is 7.40. The van der Waals surface area contributed by atoms with E-state index in [1.807, 2.05) is 4.90 Å². The molecular weight excluding hydrogens is 417 g/mol. The fraction of sp³-hybridized carbons (Fsp3) is 0.963. The number of hydrogen-bond donors (Lipinski definition) is 1. The highest BCUT2D eigenvalue weighted by Gasteiger charge is 2.25. The third-order valence-electron chi connectivity index (χ3n) is 6.48. The number of rotatable bonds is 25. The Kier molecular flexibility index (Phi) is 22.2. The Labute approximate surface area is 200 Å². The van der Waals surface area contributed by atoms with Crippen LogP contribution >= 0.6 is 7.14 Å². The molecule has 0 aromatic carbocycles. The molecule has 0 spiro atoms. The van der Waals surface area contributed by atoms with Gasteiger partial charge in [0.25, 0.3) is 0 Å². The standard InChI is InChI=1S/C27H56NO3P/c1-4-7-10-12-14-16-18-20-23-32(31,24-21-19-17-15-13-11-8-5-2)26-28(22-9-6-3)25-27(29)30/h4-26H2,1-3H3,(H,29,30). The third-order valence-corrected chi connectivity index (χ3v) is 9.66. The van der Waals surface area contributed by atoms with Crippen LogP contribution in [0.5, 0.6) is 0 Å². The van der Waals surface area contributed by atoms with Gasteiger partial charge in [0.2, 0.25) is 0 Å². The van der Waals surface area contributed by atoms with Crippen molar-refractivity contribution in [3.63, 3.8) is 0 Å². The summed E-state index contributed by atoms with van der Waals surface area (Å²) in [5.41, 5.74) is 0. The molecule has 0 unspecified atom stereocenters. The molecule has 32 heavy (non-hydrogen) atoms. The summed E-state index contributed by atoms with van der Waals surface area (Å²) in [7, 11) is -2.34. The van der Waals surface area contributed by atoms with Crippen LogP contribution in [0.15, 0.2) is 0 Å². The molecule has 0 atom stereocenters. The monoisotopic (exact) mass is 473 g/mol. The summed E-state index contributed by atoms with van der Waals surface area (Å²) in [5.74, 6) is -0.799. The van der Waals surface area contributed by atoms with E-state index >= 15 is 0 Å². The maximum atomic E-state index is 13.9. The number of carbonyl (C=O) groups is 1. The summed E-state index contributed by atoms with van der Waals surface area (Å²) in [6.07, 6.45) is 24.2. The van der Waals surface area contributed by atoms with Gasteiger partial charge in [0, 0.05) is 12.3 Å². The van der Waals surface area contributed by atoms with Gasteiger partial charge in [-0.05, 0) is 25.8 Å². The molecule has 0 aliphatic rings. The number of hydrogen-bond acceptors (Lipinski definition) is 3. The number of carboxylic acid groups (broad SMARTS) is 1. The first-order valence-corrected chi connectivity index (χ1v) is 16.2. The van der Waals surface area contributed by atoms with Gasteiger partial charge in [-0.3, -0.25) is 9.69 Å². The molecule has 4 nitrogen and oxygen atoms in total. The Hall–Kier alpha value is -0.340. The third kappa shape index (κ3) is 20.3. The van der Waals surface area contributed by atoms with Gasteiger partial charge >= 0.3 is 5.97 Å². The Balaban J connectivity index is 4.53. The minimum atomic E-state index is -2.34. The SMILES string of the molecule is CCCCCCCCCCP(=O)(CCCCCCCCCC)CN(CCCC)CC(=O)O. The minimum Gasteiger partial charge on any atom is -0.480 e. The van der Waals surface area contributed by atoms with Crippen molar-refractivity contribution in [2.75, 3.05) is 31.7 Å². The zero-order valence-corrected chi connectivity index (χ0v) is 22.8. The molecular formula is C27H56NO3P. The fourth-order valence-electron chi connectivity index (χ4n) is 4.46. The smallest absolute Gasteiger partial charge is 0.317 e. The average Bonchev–Trinajstić information content (AvgIpc) is 2.75. The van der Waals surface area contributed by atoms with Crippen molar-refractivity contribution < 1.29 is 14.5 Å². The second-order valence-corrected chi connectivity index (χ2v) is 13.2. The lowest BCUT2D eigenvalue weighted by Gasteiger charge is -2.27. The van der Waals surface area contributed by atoms with Crippen molar-refractivity contribution in [3.8, 4) is 0 Å². The molecule has 192 valence electrons. The second-order valence-electron chi connectivity index (χ2n) is 9.90.